The van der Waals surface area contributed by atoms with Crippen LogP contribution in [0.4, 0.5) is 5.82 Å². The largest absolute Gasteiger partial charge is 0.381 e. The fourth-order valence-electron chi connectivity index (χ4n) is 1.07. The number of nitrogens with two attached hydrogens (primary N) is 1. The lowest BCUT2D eigenvalue weighted by atomic mass is 10.4. The number of rotatable bonds is 4. The van der Waals surface area contributed by atoms with E-state index in [9.17, 15) is 10.1 Å². The van der Waals surface area contributed by atoms with E-state index in [0.717, 1.165) is 6.42 Å². The van der Waals surface area contributed by atoms with Crippen molar-refractivity contribution in [2.75, 3.05) is 6.54 Å². The maximum Gasteiger partial charge on any atom is 0.381 e. The highest BCUT2D eigenvalue weighted by molar-refractivity contribution is 5.16. The van der Waals surface area contributed by atoms with Gasteiger partial charge in [-0.1, -0.05) is 0 Å². The van der Waals surface area contributed by atoms with Crippen molar-refractivity contribution in [2.45, 2.75) is 19.9 Å². The summed E-state index contributed by atoms with van der Waals surface area (Å²) in [6.07, 6.45) is 2.24. The molecule has 1 aromatic rings. The zero-order chi connectivity index (χ0) is 9.84. The van der Waals surface area contributed by atoms with Gasteiger partial charge in [0, 0.05) is 13.5 Å². The summed E-state index contributed by atoms with van der Waals surface area (Å²) in [5.41, 5.74) is 5.33. The Labute approximate surface area is 75.5 Å². The quantitative estimate of drug-likeness (QED) is 0.543. The molecule has 2 N–H and O–H groups in total. The van der Waals surface area contributed by atoms with Gasteiger partial charge < -0.3 is 20.4 Å². The molecule has 1 rings (SSSR count). The average molecular weight is 184 g/mol. The van der Waals surface area contributed by atoms with Gasteiger partial charge in [-0.25, -0.2) is 0 Å². The molecule has 0 bridgehead atoms. The van der Waals surface area contributed by atoms with Crippen LogP contribution in [0.3, 0.4) is 0 Å². The molecule has 13 heavy (non-hydrogen) atoms. The smallest absolute Gasteiger partial charge is 0.358 e. The van der Waals surface area contributed by atoms with E-state index in [1.54, 1.807) is 11.5 Å². The Hall–Kier alpha value is -1.43. The first-order chi connectivity index (χ1) is 6.15. The summed E-state index contributed by atoms with van der Waals surface area (Å²) in [6.45, 7) is 3.00. The Morgan fingerprint density at radius 2 is 2.46 bits per heavy atom. The topological polar surface area (TPSA) is 87.0 Å². The van der Waals surface area contributed by atoms with Crippen LogP contribution in [-0.4, -0.2) is 21.0 Å². The van der Waals surface area contributed by atoms with Crippen LogP contribution in [0.25, 0.3) is 0 Å². The van der Waals surface area contributed by atoms with Crippen molar-refractivity contribution in [1.29, 1.82) is 0 Å². The molecule has 72 valence electrons. The summed E-state index contributed by atoms with van der Waals surface area (Å²) >= 11 is 0. The van der Waals surface area contributed by atoms with E-state index < -0.39 is 4.92 Å². The van der Waals surface area contributed by atoms with E-state index in [0.29, 0.717) is 18.9 Å². The number of aryl methyl sites for hydroxylation is 2. The fraction of sp³-hybridized carbons (Fsp3) is 0.571. The summed E-state index contributed by atoms with van der Waals surface area (Å²) < 4.78 is 1.74. The fourth-order valence-corrected chi connectivity index (χ4v) is 1.07. The number of nitro groups is 1. The minimum atomic E-state index is -0.494. The first-order valence-corrected chi connectivity index (χ1v) is 4.03. The molecule has 0 aliphatic heterocycles. The second-order valence-corrected chi connectivity index (χ2v) is 2.74. The van der Waals surface area contributed by atoms with Gasteiger partial charge in [0.2, 0.25) is 5.82 Å². The van der Waals surface area contributed by atoms with Crippen LogP contribution in [0, 0.1) is 17.0 Å². The molecule has 0 radical (unpaired) electrons. The molecule has 1 aromatic heterocycles. The van der Waals surface area contributed by atoms with E-state index in [4.69, 9.17) is 5.73 Å². The Balaban J connectivity index is 2.77. The van der Waals surface area contributed by atoms with Gasteiger partial charge in [-0.05, 0) is 22.9 Å². The number of hydrogen-bond donors (Lipinski definition) is 1. The minimum Gasteiger partial charge on any atom is -0.358 e. The second-order valence-electron chi connectivity index (χ2n) is 2.74. The lowest BCUT2D eigenvalue weighted by molar-refractivity contribution is -0.389. The predicted octanol–water partition coefficient (Wildman–Crippen LogP) is 0.449. The molecule has 1 heterocycles. The molecule has 6 nitrogen and oxygen atoms in total. The predicted molar refractivity (Wildman–Crippen MR) is 47.3 cm³/mol. The Morgan fingerprint density at radius 3 is 2.92 bits per heavy atom. The van der Waals surface area contributed by atoms with Gasteiger partial charge in [0.05, 0.1) is 0 Å². The van der Waals surface area contributed by atoms with Crippen molar-refractivity contribution in [1.82, 2.24) is 9.55 Å². The zero-order valence-corrected chi connectivity index (χ0v) is 7.43. The SMILES string of the molecule is Cc1nc([N+](=O)[O-])cn1CCCN. The monoisotopic (exact) mass is 184 g/mol. The molecular formula is C7H12N4O2. The highest BCUT2D eigenvalue weighted by Crippen LogP contribution is 2.10. The van der Waals surface area contributed by atoms with E-state index >= 15 is 0 Å². The summed E-state index contributed by atoms with van der Waals surface area (Å²) in [7, 11) is 0. The molecule has 0 saturated carbocycles. The molecule has 0 saturated heterocycles. The number of nitrogens with zero attached hydrogens (tertiary/aromatic N) is 3. The van der Waals surface area contributed by atoms with E-state index in [1.165, 1.54) is 6.20 Å². The number of aromatic nitrogens is 2. The molecule has 0 atom stereocenters. The maximum absolute atomic E-state index is 10.3. The number of imidazole rings is 1. The van der Waals surface area contributed by atoms with Gasteiger partial charge in [0.25, 0.3) is 0 Å². The van der Waals surface area contributed by atoms with Crippen molar-refractivity contribution in [3.05, 3.63) is 22.1 Å². The lowest BCUT2D eigenvalue weighted by Gasteiger charge is -1.98. The Morgan fingerprint density at radius 1 is 1.77 bits per heavy atom. The third kappa shape index (κ3) is 2.25. The lowest BCUT2D eigenvalue weighted by Crippen LogP contribution is -2.06. The molecule has 0 unspecified atom stereocenters. The van der Waals surface area contributed by atoms with Gasteiger partial charge in [-0.2, -0.15) is 0 Å². The Bertz CT molecular complexity index is 307. The van der Waals surface area contributed by atoms with Gasteiger partial charge in [-0.3, -0.25) is 0 Å². The maximum atomic E-state index is 10.3. The summed E-state index contributed by atoms with van der Waals surface area (Å²) in [4.78, 5) is 13.6. The minimum absolute atomic E-state index is 0.102. The van der Waals surface area contributed by atoms with E-state index in [-0.39, 0.29) is 5.82 Å². The highest BCUT2D eigenvalue weighted by Gasteiger charge is 2.13. The molecule has 0 aromatic carbocycles. The van der Waals surface area contributed by atoms with Gasteiger partial charge in [0.1, 0.15) is 6.20 Å². The third-order valence-electron chi connectivity index (χ3n) is 1.75. The van der Waals surface area contributed by atoms with Gasteiger partial charge in [-0.15, -0.1) is 0 Å². The second kappa shape index (κ2) is 3.99. The van der Waals surface area contributed by atoms with Crippen molar-refractivity contribution in [2.24, 2.45) is 5.73 Å². The highest BCUT2D eigenvalue weighted by atomic mass is 16.6. The van der Waals surface area contributed by atoms with E-state index in [2.05, 4.69) is 4.98 Å². The van der Waals surface area contributed by atoms with Crippen LogP contribution in [0.5, 0.6) is 0 Å². The molecular weight excluding hydrogens is 172 g/mol. The van der Waals surface area contributed by atoms with Crippen molar-refractivity contribution < 1.29 is 4.92 Å². The molecule has 0 spiro atoms. The van der Waals surface area contributed by atoms with E-state index in [1.807, 2.05) is 0 Å². The molecule has 6 heteroatoms. The Kier molecular flexibility index (Phi) is 2.97. The normalized spacial score (nSPS) is 10.3. The van der Waals surface area contributed by atoms with Crippen molar-refractivity contribution in [3.8, 4) is 0 Å². The number of hydrogen-bond acceptors (Lipinski definition) is 4. The standard InChI is InChI=1S/C7H12N4O2/c1-6-9-7(11(12)13)5-10(6)4-2-3-8/h5H,2-4,8H2,1H3. The van der Waals surface area contributed by atoms with Crippen LogP contribution in [0.2, 0.25) is 0 Å². The van der Waals surface area contributed by atoms with Crippen molar-refractivity contribution >= 4 is 5.82 Å². The van der Waals surface area contributed by atoms with Crippen molar-refractivity contribution in [3.63, 3.8) is 0 Å². The summed E-state index contributed by atoms with van der Waals surface area (Å²) in [6, 6.07) is 0. The van der Waals surface area contributed by atoms with Crippen LogP contribution in [0.15, 0.2) is 6.20 Å². The van der Waals surface area contributed by atoms with Crippen LogP contribution in [-0.2, 0) is 6.54 Å². The molecule has 0 aliphatic carbocycles. The van der Waals surface area contributed by atoms with Gasteiger partial charge in [0.15, 0.2) is 0 Å². The van der Waals surface area contributed by atoms with Gasteiger partial charge >= 0.3 is 5.82 Å². The van der Waals surface area contributed by atoms with Crippen LogP contribution in [0.1, 0.15) is 12.2 Å². The van der Waals surface area contributed by atoms with Crippen LogP contribution >= 0.6 is 0 Å². The first kappa shape index (κ1) is 9.66. The molecule has 0 aliphatic rings. The van der Waals surface area contributed by atoms with Crippen LogP contribution < -0.4 is 5.73 Å². The third-order valence-corrected chi connectivity index (χ3v) is 1.75. The average Bonchev–Trinajstić information content (AvgIpc) is 2.44. The summed E-state index contributed by atoms with van der Waals surface area (Å²) in [5, 5.41) is 10.3. The molecule has 0 fully saturated rings. The molecule has 0 amide bonds. The first-order valence-electron chi connectivity index (χ1n) is 4.03. The summed E-state index contributed by atoms with van der Waals surface area (Å²) in [5.74, 6) is 0.551. The zero-order valence-electron chi connectivity index (χ0n) is 7.43.